The third-order valence-electron chi connectivity index (χ3n) is 3.15. The van der Waals surface area contributed by atoms with Gasteiger partial charge in [0.05, 0.1) is 17.9 Å². The lowest BCUT2D eigenvalue weighted by Gasteiger charge is -2.20. The molecule has 1 aromatic heterocycles. The van der Waals surface area contributed by atoms with E-state index in [0.717, 1.165) is 18.2 Å². The molecule has 21 heavy (non-hydrogen) atoms. The highest BCUT2D eigenvalue weighted by Crippen LogP contribution is 2.27. The first-order valence-electron chi connectivity index (χ1n) is 6.37. The van der Waals surface area contributed by atoms with Crippen LogP contribution in [0.4, 0.5) is 14.5 Å². The van der Waals surface area contributed by atoms with Crippen LogP contribution >= 0.6 is 15.9 Å². The van der Waals surface area contributed by atoms with E-state index in [1.807, 2.05) is 6.92 Å². The Hall–Kier alpha value is -1.76. The molecule has 1 unspecified atom stereocenters. The predicted molar refractivity (Wildman–Crippen MR) is 80.2 cm³/mol. The number of nitrogens with zero attached hydrogens (tertiary/aromatic N) is 2. The van der Waals surface area contributed by atoms with Gasteiger partial charge in [-0.25, -0.2) is 13.5 Å². The SMILES string of the molecule is CCC(Nc1cnn(C)c(=O)c1Br)c1cc(F)ccc1F. The minimum absolute atomic E-state index is 0.213. The van der Waals surface area contributed by atoms with Crippen molar-refractivity contribution in [2.24, 2.45) is 7.05 Å². The van der Waals surface area contributed by atoms with Crippen molar-refractivity contribution in [3.05, 3.63) is 56.4 Å². The van der Waals surface area contributed by atoms with E-state index in [0.29, 0.717) is 16.6 Å². The van der Waals surface area contributed by atoms with E-state index in [9.17, 15) is 13.6 Å². The standard InChI is InChI=1S/C14H14BrF2N3O/c1-3-11(9-6-8(16)4-5-10(9)17)19-12-7-18-20(2)14(21)13(12)15/h4-7,11,19H,3H2,1-2H3. The minimum atomic E-state index is -0.507. The van der Waals surface area contributed by atoms with E-state index >= 15 is 0 Å². The van der Waals surface area contributed by atoms with Crippen LogP contribution in [0.15, 0.2) is 33.7 Å². The number of aryl methyl sites for hydroxylation is 1. The smallest absolute Gasteiger partial charge is 0.282 e. The van der Waals surface area contributed by atoms with Crippen molar-refractivity contribution in [3.63, 3.8) is 0 Å². The normalized spacial score (nSPS) is 12.2. The van der Waals surface area contributed by atoms with Crippen molar-refractivity contribution in [1.82, 2.24) is 9.78 Å². The zero-order valence-electron chi connectivity index (χ0n) is 11.5. The Morgan fingerprint density at radius 3 is 2.81 bits per heavy atom. The van der Waals surface area contributed by atoms with Crippen LogP contribution in [0.25, 0.3) is 0 Å². The number of nitrogens with one attached hydrogen (secondary N) is 1. The van der Waals surface area contributed by atoms with Gasteiger partial charge < -0.3 is 5.32 Å². The number of benzene rings is 1. The first-order chi connectivity index (χ1) is 9.93. The second-order valence-electron chi connectivity index (χ2n) is 4.57. The molecule has 0 spiro atoms. The van der Waals surface area contributed by atoms with Crippen molar-refractivity contribution in [2.75, 3.05) is 5.32 Å². The molecule has 1 N–H and O–H groups in total. The van der Waals surface area contributed by atoms with Gasteiger partial charge in [-0.1, -0.05) is 6.92 Å². The molecule has 1 aromatic carbocycles. The molecule has 0 saturated heterocycles. The Bertz CT molecular complexity index is 718. The Labute approximate surface area is 128 Å². The van der Waals surface area contributed by atoms with Crippen LogP contribution in [0.3, 0.4) is 0 Å². The van der Waals surface area contributed by atoms with Gasteiger partial charge in [-0.05, 0) is 40.5 Å². The number of rotatable bonds is 4. The fourth-order valence-corrected chi connectivity index (χ4v) is 2.45. The second-order valence-corrected chi connectivity index (χ2v) is 5.36. The molecule has 4 nitrogen and oxygen atoms in total. The minimum Gasteiger partial charge on any atom is -0.376 e. The number of aromatic nitrogens is 2. The van der Waals surface area contributed by atoms with Gasteiger partial charge in [-0.3, -0.25) is 4.79 Å². The van der Waals surface area contributed by atoms with Gasteiger partial charge in [0.25, 0.3) is 5.56 Å². The average molecular weight is 358 g/mol. The van der Waals surface area contributed by atoms with Crippen LogP contribution in [0.1, 0.15) is 24.9 Å². The molecule has 0 amide bonds. The zero-order valence-corrected chi connectivity index (χ0v) is 13.1. The molecule has 2 aromatic rings. The van der Waals surface area contributed by atoms with E-state index in [2.05, 4.69) is 26.3 Å². The quantitative estimate of drug-likeness (QED) is 0.912. The van der Waals surface area contributed by atoms with Crippen LogP contribution in [0, 0.1) is 11.6 Å². The first kappa shape index (κ1) is 15.6. The summed E-state index contributed by atoms with van der Waals surface area (Å²) in [6.07, 6.45) is 1.98. The zero-order chi connectivity index (χ0) is 15.6. The lowest BCUT2D eigenvalue weighted by molar-refractivity contribution is 0.566. The van der Waals surface area contributed by atoms with Gasteiger partial charge in [-0.2, -0.15) is 5.10 Å². The van der Waals surface area contributed by atoms with E-state index in [4.69, 9.17) is 0 Å². The Kier molecular flexibility index (Phi) is 4.72. The van der Waals surface area contributed by atoms with Crippen LogP contribution in [-0.2, 0) is 7.05 Å². The molecule has 0 radical (unpaired) electrons. The van der Waals surface area contributed by atoms with Crippen molar-refractivity contribution in [3.8, 4) is 0 Å². The highest BCUT2D eigenvalue weighted by atomic mass is 79.9. The summed E-state index contributed by atoms with van der Waals surface area (Å²) in [5, 5.41) is 6.92. The third kappa shape index (κ3) is 3.29. The van der Waals surface area contributed by atoms with E-state index < -0.39 is 17.7 Å². The lowest BCUT2D eigenvalue weighted by Crippen LogP contribution is -2.22. The summed E-state index contributed by atoms with van der Waals surface area (Å²) in [5.74, 6) is -1.00. The molecule has 0 aliphatic carbocycles. The summed E-state index contributed by atoms with van der Waals surface area (Å²) in [7, 11) is 1.53. The third-order valence-corrected chi connectivity index (χ3v) is 3.92. The van der Waals surface area contributed by atoms with Gasteiger partial charge in [0.2, 0.25) is 0 Å². The maximum atomic E-state index is 13.9. The fraction of sp³-hybridized carbons (Fsp3) is 0.286. The van der Waals surface area contributed by atoms with Crippen LogP contribution < -0.4 is 10.9 Å². The predicted octanol–water partition coefficient (Wildman–Crippen LogP) is 3.38. The molecule has 0 bridgehead atoms. The molecular formula is C14H14BrF2N3O. The lowest BCUT2D eigenvalue weighted by atomic mass is 10.0. The number of hydrogen-bond donors (Lipinski definition) is 1. The molecule has 0 fully saturated rings. The summed E-state index contributed by atoms with van der Waals surface area (Å²) < 4.78 is 28.6. The van der Waals surface area contributed by atoms with E-state index in [1.54, 1.807) is 0 Å². The van der Waals surface area contributed by atoms with Crippen molar-refractivity contribution in [1.29, 1.82) is 0 Å². The van der Waals surface area contributed by atoms with Gasteiger partial charge in [0.1, 0.15) is 16.1 Å². The Morgan fingerprint density at radius 1 is 1.43 bits per heavy atom. The number of anilines is 1. The highest BCUT2D eigenvalue weighted by Gasteiger charge is 2.17. The second kappa shape index (κ2) is 6.34. The van der Waals surface area contributed by atoms with Crippen molar-refractivity contribution >= 4 is 21.6 Å². The maximum Gasteiger partial charge on any atom is 0.282 e. The first-order valence-corrected chi connectivity index (χ1v) is 7.16. The topological polar surface area (TPSA) is 46.9 Å². The molecular weight excluding hydrogens is 344 g/mol. The van der Waals surface area contributed by atoms with Crippen LogP contribution in [0.5, 0.6) is 0 Å². The molecule has 0 saturated carbocycles. The Morgan fingerprint density at radius 2 is 2.14 bits per heavy atom. The summed E-state index contributed by atoms with van der Waals surface area (Å²) in [4.78, 5) is 11.8. The molecule has 0 aliphatic rings. The average Bonchev–Trinajstić information content (AvgIpc) is 2.47. The van der Waals surface area contributed by atoms with Gasteiger partial charge >= 0.3 is 0 Å². The highest BCUT2D eigenvalue weighted by molar-refractivity contribution is 9.10. The summed E-state index contributed by atoms with van der Waals surface area (Å²) >= 11 is 3.19. The van der Waals surface area contributed by atoms with Gasteiger partial charge in [0, 0.05) is 12.6 Å². The van der Waals surface area contributed by atoms with Gasteiger partial charge in [0.15, 0.2) is 0 Å². The van der Waals surface area contributed by atoms with Crippen LogP contribution in [0.2, 0.25) is 0 Å². The molecule has 1 heterocycles. The van der Waals surface area contributed by atoms with E-state index in [1.165, 1.54) is 17.9 Å². The maximum absolute atomic E-state index is 13.9. The monoisotopic (exact) mass is 357 g/mol. The van der Waals surface area contributed by atoms with E-state index in [-0.39, 0.29) is 11.1 Å². The molecule has 7 heteroatoms. The summed E-state index contributed by atoms with van der Waals surface area (Å²) in [6, 6.07) is 2.85. The number of hydrogen-bond acceptors (Lipinski definition) is 3. The largest absolute Gasteiger partial charge is 0.376 e. The summed E-state index contributed by atoms with van der Waals surface area (Å²) in [6.45, 7) is 1.84. The molecule has 0 aliphatic heterocycles. The number of halogens is 3. The van der Waals surface area contributed by atoms with Crippen molar-refractivity contribution in [2.45, 2.75) is 19.4 Å². The van der Waals surface area contributed by atoms with Crippen LogP contribution in [-0.4, -0.2) is 9.78 Å². The van der Waals surface area contributed by atoms with Gasteiger partial charge in [-0.15, -0.1) is 0 Å². The Balaban J connectivity index is 2.38. The summed E-state index contributed by atoms with van der Waals surface area (Å²) in [5.41, 5.74) is 0.341. The molecule has 1 atom stereocenters. The molecule has 112 valence electrons. The fourth-order valence-electron chi connectivity index (χ4n) is 1.98. The molecule has 2 rings (SSSR count). The van der Waals surface area contributed by atoms with Crippen molar-refractivity contribution < 1.29 is 8.78 Å².